The summed E-state index contributed by atoms with van der Waals surface area (Å²) in [5, 5.41) is 13.7. The van der Waals surface area contributed by atoms with E-state index in [-0.39, 0.29) is 10.7 Å². The highest BCUT2D eigenvalue weighted by atomic mass is 35.5. The van der Waals surface area contributed by atoms with Crippen molar-refractivity contribution in [1.29, 1.82) is 0 Å². The van der Waals surface area contributed by atoms with Crippen LogP contribution in [0.1, 0.15) is 4.88 Å². The largest absolute Gasteiger partial charge is 0.364 e. The number of nitro groups is 1. The average molecular weight is 271 g/mol. The van der Waals surface area contributed by atoms with Gasteiger partial charge in [0.05, 0.1) is 22.0 Å². The average Bonchev–Trinajstić information content (AvgIpc) is 2.80. The molecule has 2 aromatic rings. The van der Waals surface area contributed by atoms with Crippen LogP contribution in [0, 0.1) is 10.1 Å². The summed E-state index contributed by atoms with van der Waals surface area (Å²) < 4.78 is 0. The van der Waals surface area contributed by atoms with Crippen LogP contribution in [-0.4, -0.2) is 14.9 Å². The summed E-state index contributed by atoms with van der Waals surface area (Å²) in [4.78, 5) is 18.8. The molecule has 0 atom stereocenters. The van der Waals surface area contributed by atoms with Crippen LogP contribution in [-0.2, 0) is 6.54 Å². The Morgan fingerprint density at radius 3 is 2.94 bits per heavy atom. The van der Waals surface area contributed by atoms with E-state index >= 15 is 0 Å². The van der Waals surface area contributed by atoms with Crippen molar-refractivity contribution < 1.29 is 4.92 Å². The molecule has 17 heavy (non-hydrogen) atoms. The standard InChI is InChI=1S/C9H7ClN4O2S/c10-8-1-6(14(15)16)2-12-9(8)13-4-7-3-11-5-17-7/h1-3,5H,4H2,(H,12,13). The van der Waals surface area contributed by atoms with Crippen molar-refractivity contribution in [2.45, 2.75) is 6.54 Å². The van der Waals surface area contributed by atoms with Crippen LogP contribution in [0.25, 0.3) is 0 Å². The fourth-order valence-corrected chi connectivity index (χ4v) is 1.92. The van der Waals surface area contributed by atoms with Gasteiger partial charge in [0.25, 0.3) is 5.69 Å². The van der Waals surface area contributed by atoms with Gasteiger partial charge in [-0.05, 0) is 0 Å². The number of pyridine rings is 1. The number of anilines is 1. The molecule has 8 heteroatoms. The summed E-state index contributed by atoms with van der Waals surface area (Å²) in [7, 11) is 0. The molecular weight excluding hydrogens is 264 g/mol. The van der Waals surface area contributed by atoms with Gasteiger partial charge >= 0.3 is 0 Å². The second-order valence-corrected chi connectivity index (χ2v) is 4.48. The van der Waals surface area contributed by atoms with Gasteiger partial charge in [-0.25, -0.2) is 4.98 Å². The lowest BCUT2D eigenvalue weighted by Gasteiger charge is -2.04. The van der Waals surface area contributed by atoms with Gasteiger partial charge in [0.15, 0.2) is 0 Å². The summed E-state index contributed by atoms with van der Waals surface area (Å²) in [5.41, 5.74) is 1.60. The molecule has 0 saturated carbocycles. The summed E-state index contributed by atoms with van der Waals surface area (Å²) in [6.07, 6.45) is 2.90. The van der Waals surface area contributed by atoms with Crippen molar-refractivity contribution in [1.82, 2.24) is 9.97 Å². The molecule has 0 aliphatic carbocycles. The van der Waals surface area contributed by atoms with E-state index in [2.05, 4.69) is 15.3 Å². The molecule has 2 aromatic heterocycles. The summed E-state index contributed by atoms with van der Waals surface area (Å²) >= 11 is 7.38. The second kappa shape index (κ2) is 5.07. The van der Waals surface area contributed by atoms with E-state index in [9.17, 15) is 10.1 Å². The molecule has 0 amide bonds. The zero-order valence-electron chi connectivity index (χ0n) is 8.46. The molecule has 0 aliphatic rings. The topological polar surface area (TPSA) is 81.0 Å². The number of rotatable bonds is 4. The summed E-state index contributed by atoms with van der Waals surface area (Å²) in [6, 6.07) is 1.27. The lowest BCUT2D eigenvalue weighted by atomic mass is 10.4. The number of nitrogens with zero attached hydrogens (tertiary/aromatic N) is 3. The number of hydrogen-bond acceptors (Lipinski definition) is 6. The van der Waals surface area contributed by atoms with E-state index in [1.165, 1.54) is 23.6 Å². The van der Waals surface area contributed by atoms with Crippen LogP contribution in [0.3, 0.4) is 0 Å². The van der Waals surface area contributed by atoms with E-state index in [1.807, 2.05) is 0 Å². The number of thiazole rings is 1. The Morgan fingerprint density at radius 1 is 1.53 bits per heavy atom. The van der Waals surface area contributed by atoms with Gasteiger partial charge in [0.1, 0.15) is 12.0 Å². The predicted molar refractivity (Wildman–Crippen MR) is 65.3 cm³/mol. The zero-order chi connectivity index (χ0) is 12.3. The molecule has 0 bridgehead atoms. The number of halogens is 1. The minimum atomic E-state index is -0.536. The van der Waals surface area contributed by atoms with Gasteiger partial charge in [-0.1, -0.05) is 11.6 Å². The van der Waals surface area contributed by atoms with Gasteiger partial charge in [-0.15, -0.1) is 11.3 Å². The Balaban J connectivity index is 2.09. The molecule has 2 heterocycles. The second-order valence-electron chi connectivity index (χ2n) is 3.10. The third-order valence-corrected chi connectivity index (χ3v) is 3.02. The molecular formula is C9H7ClN4O2S. The molecule has 88 valence electrons. The van der Waals surface area contributed by atoms with Crippen molar-refractivity contribution in [3.8, 4) is 0 Å². The highest BCUT2D eigenvalue weighted by Crippen LogP contribution is 2.24. The molecule has 0 aromatic carbocycles. The normalized spacial score (nSPS) is 10.2. The molecule has 0 spiro atoms. The lowest BCUT2D eigenvalue weighted by molar-refractivity contribution is -0.385. The highest BCUT2D eigenvalue weighted by Gasteiger charge is 2.10. The zero-order valence-corrected chi connectivity index (χ0v) is 10.0. The van der Waals surface area contributed by atoms with E-state index in [0.717, 1.165) is 4.88 Å². The molecule has 2 rings (SSSR count). The first kappa shape index (κ1) is 11.7. The van der Waals surface area contributed by atoms with E-state index < -0.39 is 4.92 Å². The number of hydrogen-bond donors (Lipinski definition) is 1. The van der Waals surface area contributed by atoms with Crippen LogP contribution in [0.15, 0.2) is 24.0 Å². The van der Waals surface area contributed by atoms with E-state index in [0.29, 0.717) is 12.4 Å². The Hall–Kier alpha value is -1.73. The van der Waals surface area contributed by atoms with Crippen LogP contribution in [0.2, 0.25) is 5.02 Å². The van der Waals surface area contributed by atoms with Crippen LogP contribution < -0.4 is 5.32 Å². The van der Waals surface area contributed by atoms with Crippen LogP contribution in [0.4, 0.5) is 11.5 Å². The SMILES string of the molecule is O=[N+]([O-])c1cnc(NCc2cncs2)c(Cl)c1. The number of aromatic nitrogens is 2. The predicted octanol–water partition coefficient (Wildman–Crippen LogP) is 2.71. The van der Waals surface area contributed by atoms with Crippen LogP contribution >= 0.6 is 22.9 Å². The molecule has 0 saturated heterocycles. The summed E-state index contributed by atoms with van der Waals surface area (Å²) in [6.45, 7) is 0.537. The van der Waals surface area contributed by atoms with Gasteiger partial charge in [-0.3, -0.25) is 15.1 Å². The molecule has 0 fully saturated rings. The molecule has 6 nitrogen and oxygen atoms in total. The maximum atomic E-state index is 10.5. The summed E-state index contributed by atoms with van der Waals surface area (Å²) in [5.74, 6) is 0.422. The molecule has 0 unspecified atom stereocenters. The Kier molecular flexibility index (Phi) is 3.50. The Bertz CT molecular complexity index is 532. The maximum Gasteiger partial charge on any atom is 0.289 e. The third-order valence-electron chi connectivity index (χ3n) is 1.95. The van der Waals surface area contributed by atoms with Gasteiger partial charge in [0, 0.05) is 17.1 Å². The lowest BCUT2D eigenvalue weighted by Crippen LogP contribution is -2.01. The molecule has 0 aliphatic heterocycles. The molecule has 0 radical (unpaired) electrons. The maximum absolute atomic E-state index is 10.5. The molecule has 1 N–H and O–H groups in total. The van der Waals surface area contributed by atoms with Crippen molar-refractivity contribution in [2.24, 2.45) is 0 Å². The van der Waals surface area contributed by atoms with Crippen LogP contribution in [0.5, 0.6) is 0 Å². The van der Waals surface area contributed by atoms with Gasteiger partial charge < -0.3 is 5.32 Å². The first-order chi connectivity index (χ1) is 8.16. The van der Waals surface area contributed by atoms with Crippen molar-refractivity contribution >= 4 is 34.4 Å². The highest BCUT2D eigenvalue weighted by molar-refractivity contribution is 7.09. The quantitative estimate of drug-likeness (QED) is 0.682. The van der Waals surface area contributed by atoms with Gasteiger partial charge in [0.2, 0.25) is 0 Å². The third kappa shape index (κ3) is 2.89. The fourth-order valence-electron chi connectivity index (χ4n) is 1.16. The van der Waals surface area contributed by atoms with E-state index in [4.69, 9.17) is 11.6 Å². The minimum Gasteiger partial charge on any atom is -0.364 e. The minimum absolute atomic E-state index is 0.127. The Morgan fingerprint density at radius 2 is 2.35 bits per heavy atom. The fraction of sp³-hybridized carbons (Fsp3) is 0.111. The first-order valence-corrected chi connectivity index (χ1v) is 5.84. The number of nitrogens with one attached hydrogen (secondary N) is 1. The monoisotopic (exact) mass is 270 g/mol. The van der Waals surface area contributed by atoms with Crippen molar-refractivity contribution in [2.75, 3.05) is 5.32 Å². The first-order valence-electron chi connectivity index (χ1n) is 4.58. The van der Waals surface area contributed by atoms with Crippen molar-refractivity contribution in [3.05, 3.63) is 44.0 Å². The van der Waals surface area contributed by atoms with Crippen molar-refractivity contribution in [3.63, 3.8) is 0 Å². The van der Waals surface area contributed by atoms with E-state index in [1.54, 1.807) is 11.7 Å². The Labute approximate surface area is 105 Å². The van der Waals surface area contributed by atoms with Gasteiger partial charge in [-0.2, -0.15) is 0 Å². The smallest absolute Gasteiger partial charge is 0.289 e.